The Morgan fingerprint density at radius 1 is 1.50 bits per heavy atom. The Balaban J connectivity index is 2.49. The lowest BCUT2D eigenvalue weighted by molar-refractivity contribution is -0.126. The SMILES string of the molecule is CCCC(C)(N)C(=O)NCC1(SC)CCOCC1. The predicted molar refractivity (Wildman–Crippen MR) is 76.8 cm³/mol. The molecule has 0 radical (unpaired) electrons. The van der Waals surface area contributed by atoms with Crippen molar-refractivity contribution in [3.63, 3.8) is 0 Å². The first-order valence-corrected chi connectivity index (χ1v) is 7.88. The molecule has 1 fully saturated rings. The number of nitrogens with one attached hydrogen (secondary N) is 1. The zero-order chi connectivity index (χ0) is 13.6. The van der Waals surface area contributed by atoms with E-state index in [1.165, 1.54) is 0 Å². The summed E-state index contributed by atoms with van der Waals surface area (Å²) in [6.07, 6.45) is 5.72. The Hall–Kier alpha value is -0.260. The van der Waals surface area contributed by atoms with Crippen LogP contribution in [0.3, 0.4) is 0 Å². The second-order valence-electron chi connectivity index (χ2n) is 5.35. The Bertz CT molecular complexity index is 276. The van der Waals surface area contributed by atoms with Gasteiger partial charge in [0, 0.05) is 24.5 Å². The molecule has 1 unspecified atom stereocenters. The maximum atomic E-state index is 12.1. The first-order valence-electron chi connectivity index (χ1n) is 6.66. The minimum absolute atomic E-state index is 0.0377. The summed E-state index contributed by atoms with van der Waals surface area (Å²) in [5.74, 6) is -0.0377. The molecule has 1 heterocycles. The van der Waals surface area contributed by atoms with Gasteiger partial charge in [0.05, 0.1) is 5.54 Å². The van der Waals surface area contributed by atoms with E-state index in [2.05, 4.69) is 11.6 Å². The van der Waals surface area contributed by atoms with Crippen molar-refractivity contribution in [1.82, 2.24) is 5.32 Å². The maximum absolute atomic E-state index is 12.1. The number of carbonyl (C=O) groups is 1. The van der Waals surface area contributed by atoms with Crippen molar-refractivity contribution in [2.75, 3.05) is 26.0 Å². The van der Waals surface area contributed by atoms with Crippen LogP contribution in [0.15, 0.2) is 0 Å². The Kier molecular flexibility index (Phi) is 5.95. The zero-order valence-electron chi connectivity index (χ0n) is 11.8. The highest BCUT2D eigenvalue weighted by Gasteiger charge is 2.34. The van der Waals surface area contributed by atoms with Gasteiger partial charge in [-0.05, 0) is 32.4 Å². The van der Waals surface area contributed by atoms with Crippen molar-refractivity contribution in [3.05, 3.63) is 0 Å². The van der Waals surface area contributed by atoms with Crippen LogP contribution in [0, 0.1) is 0 Å². The molecule has 106 valence electrons. The minimum Gasteiger partial charge on any atom is -0.381 e. The molecule has 1 saturated heterocycles. The highest BCUT2D eigenvalue weighted by Crippen LogP contribution is 2.33. The number of hydrogen-bond acceptors (Lipinski definition) is 4. The molecule has 4 nitrogen and oxygen atoms in total. The van der Waals surface area contributed by atoms with Crippen molar-refractivity contribution in [2.24, 2.45) is 5.73 Å². The van der Waals surface area contributed by atoms with Gasteiger partial charge in [-0.1, -0.05) is 13.3 Å². The van der Waals surface area contributed by atoms with Crippen LogP contribution in [-0.2, 0) is 9.53 Å². The molecular weight excluding hydrogens is 248 g/mol. The molecule has 0 bridgehead atoms. The molecule has 1 aliphatic heterocycles. The van der Waals surface area contributed by atoms with Crippen LogP contribution in [0.5, 0.6) is 0 Å². The fourth-order valence-electron chi connectivity index (χ4n) is 2.27. The molecule has 0 spiro atoms. The third-order valence-corrected chi connectivity index (χ3v) is 5.11. The lowest BCUT2D eigenvalue weighted by Crippen LogP contribution is -2.55. The molecule has 3 N–H and O–H groups in total. The summed E-state index contributed by atoms with van der Waals surface area (Å²) in [6, 6.07) is 0. The molecule has 0 saturated carbocycles. The normalized spacial score (nSPS) is 22.2. The summed E-state index contributed by atoms with van der Waals surface area (Å²) in [5.41, 5.74) is 5.28. The summed E-state index contributed by atoms with van der Waals surface area (Å²) in [7, 11) is 0. The van der Waals surface area contributed by atoms with E-state index >= 15 is 0 Å². The van der Waals surface area contributed by atoms with Gasteiger partial charge in [-0.25, -0.2) is 0 Å². The van der Waals surface area contributed by atoms with Crippen LogP contribution < -0.4 is 11.1 Å². The van der Waals surface area contributed by atoms with E-state index in [-0.39, 0.29) is 10.7 Å². The first kappa shape index (κ1) is 15.8. The van der Waals surface area contributed by atoms with Gasteiger partial charge >= 0.3 is 0 Å². The summed E-state index contributed by atoms with van der Waals surface area (Å²) >= 11 is 1.82. The van der Waals surface area contributed by atoms with Gasteiger partial charge in [-0.2, -0.15) is 11.8 Å². The average molecular weight is 274 g/mol. The second-order valence-corrected chi connectivity index (χ2v) is 6.62. The second kappa shape index (κ2) is 6.78. The van der Waals surface area contributed by atoms with Gasteiger partial charge in [0.1, 0.15) is 0 Å². The summed E-state index contributed by atoms with van der Waals surface area (Å²) in [4.78, 5) is 12.1. The van der Waals surface area contributed by atoms with Crippen LogP contribution in [0.4, 0.5) is 0 Å². The fourth-order valence-corrected chi connectivity index (χ4v) is 3.06. The van der Waals surface area contributed by atoms with Crippen molar-refractivity contribution >= 4 is 17.7 Å². The Morgan fingerprint density at radius 3 is 2.61 bits per heavy atom. The fraction of sp³-hybridized carbons (Fsp3) is 0.923. The smallest absolute Gasteiger partial charge is 0.239 e. The van der Waals surface area contributed by atoms with Crippen molar-refractivity contribution < 1.29 is 9.53 Å². The van der Waals surface area contributed by atoms with E-state index in [9.17, 15) is 4.79 Å². The van der Waals surface area contributed by atoms with E-state index < -0.39 is 5.54 Å². The number of hydrogen-bond donors (Lipinski definition) is 2. The van der Waals surface area contributed by atoms with Gasteiger partial charge in [-0.15, -0.1) is 0 Å². The Morgan fingerprint density at radius 2 is 2.11 bits per heavy atom. The quantitative estimate of drug-likeness (QED) is 0.771. The Labute approximate surface area is 114 Å². The number of rotatable bonds is 6. The van der Waals surface area contributed by atoms with Crippen LogP contribution in [-0.4, -0.2) is 42.2 Å². The van der Waals surface area contributed by atoms with Gasteiger partial charge in [0.25, 0.3) is 0 Å². The minimum atomic E-state index is -0.750. The lowest BCUT2D eigenvalue weighted by atomic mass is 9.95. The average Bonchev–Trinajstić information content (AvgIpc) is 2.37. The third kappa shape index (κ3) is 4.14. The molecule has 0 aromatic rings. The van der Waals surface area contributed by atoms with Gasteiger partial charge < -0.3 is 15.8 Å². The molecule has 1 rings (SSSR count). The lowest BCUT2D eigenvalue weighted by Gasteiger charge is -2.36. The topological polar surface area (TPSA) is 64.4 Å². The molecule has 0 aromatic heterocycles. The standard InChI is InChI=1S/C13H26N2O2S/c1-4-5-12(2,14)11(16)15-10-13(18-3)6-8-17-9-7-13/h4-10,14H2,1-3H3,(H,15,16). The van der Waals surface area contributed by atoms with Crippen molar-refractivity contribution in [3.8, 4) is 0 Å². The molecule has 0 aromatic carbocycles. The number of ether oxygens (including phenoxy) is 1. The summed E-state index contributed by atoms with van der Waals surface area (Å²) < 4.78 is 5.51. The number of thioether (sulfide) groups is 1. The first-order chi connectivity index (χ1) is 8.46. The largest absolute Gasteiger partial charge is 0.381 e. The third-order valence-electron chi connectivity index (χ3n) is 3.70. The van der Waals surface area contributed by atoms with Gasteiger partial charge in [-0.3, -0.25) is 4.79 Å². The van der Waals surface area contributed by atoms with Crippen LogP contribution in [0.25, 0.3) is 0 Å². The molecule has 1 atom stereocenters. The maximum Gasteiger partial charge on any atom is 0.239 e. The number of amides is 1. The molecular formula is C13H26N2O2S. The van der Waals surface area contributed by atoms with Crippen LogP contribution in [0.1, 0.15) is 39.5 Å². The summed E-state index contributed by atoms with van der Waals surface area (Å²) in [5, 5.41) is 3.03. The molecule has 1 amide bonds. The van der Waals surface area contributed by atoms with E-state index in [4.69, 9.17) is 10.5 Å². The number of nitrogens with two attached hydrogens (primary N) is 1. The summed E-state index contributed by atoms with van der Waals surface area (Å²) in [6.45, 7) is 6.10. The van der Waals surface area contributed by atoms with Crippen molar-refractivity contribution in [1.29, 1.82) is 0 Å². The molecule has 0 aliphatic carbocycles. The highest BCUT2D eigenvalue weighted by molar-refractivity contribution is 8.00. The zero-order valence-corrected chi connectivity index (χ0v) is 12.6. The predicted octanol–water partition coefficient (Wildman–Crippen LogP) is 1.53. The van der Waals surface area contributed by atoms with Gasteiger partial charge in [0.2, 0.25) is 5.91 Å². The van der Waals surface area contributed by atoms with E-state index in [1.54, 1.807) is 0 Å². The molecule has 1 aliphatic rings. The number of carbonyl (C=O) groups excluding carboxylic acids is 1. The van der Waals surface area contributed by atoms with Crippen molar-refractivity contribution in [2.45, 2.75) is 49.8 Å². The monoisotopic (exact) mass is 274 g/mol. The van der Waals surface area contributed by atoms with E-state index in [1.807, 2.05) is 25.6 Å². The highest BCUT2D eigenvalue weighted by atomic mass is 32.2. The molecule has 18 heavy (non-hydrogen) atoms. The van der Waals surface area contributed by atoms with Gasteiger partial charge in [0.15, 0.2) is 0 Å². The van der Waals surface area contributed by atoms with E-state index in [0.717, 1.165) is 32.5 Å². The van der Waals surface area contributed by atoms with Crippen LogP contribution in [0.2, 0.25) is 0 Å². The van der Waals surface area contributed by atoms with E-state index in [0.29, 0.717) is 13.0 Å². The van der Waals surface area contributed by atoms with Crippen LogP contribution >= 0.6 is 11.8 Å². The molecule has 5 heteroatoms.